The Labute approximate surface area is 126 Å². The second kappa shape index (κ2) is 6.61. The molecule has 3 nitrogen and oxygen atoms in total. The van der Waals surface area contributed by atoms with Crippen LogP contribution in [0.5, 0.6) is 0 Å². The summed E-state index contributed by atoms with van der Waals surface area (Å²) >= 11 is 0. The molecule has 1 aromatic carbocycles. The van der Waals surface area contributed by atoms with Crippen LogP contribution in [0.1, 0.15) is 56.6 Å². The zero-order valence-corrected chi connectivity index (χ0v) is 12.5. The van der Waals surface area contributed by atoms with Crippen LogP contribution in [0, 0.1) is 5.92 Å². The van der Waals surface area contributed by atoms with Crippen molar-refractivity contribution in [3.8, 4) is 0 Å². The first-order chi connectivity index (χ1) is 10.3. The van der Waals surface area contributed by atoms with Gasteiger partial charge in [0.2, 0.25) is 0 Å². The molecule has 2 atom stereocenters. The van der Waals surface area contributed by atoms with Crippen molar-refractivity contribution in [3.05, 3.63) is 35.9 Å². The van der Waals surface area contributed by atoms with Crippen LogP contribution in [0.15, 0.2) is 30.3 Å². The lowest BCUT2D eigenvalue weighted by atomic mass is 9.79. The topological polar surface area (TPSA) is 35.5 Å². The molecule has 1 aromatic rings. The van der Waals surface area contributed by atoms with E-state index in [1.807, 2.05) is 6.07 Å². The average Bonchev–Trinajstić information content (AvgIpc) is 2.87. The number of ether oxygens (including phenoxy) is 2. The first kappa shape index (κ1) is 14.6. The molecule has 1 spiro atoms. The summed E-state index contributed by atoms with van der Waals surface area (Å²) in [5, 5.41) is 0. The molecule has 0 bridgehead atoms. The summed E-state index contributed by atoms with van der Waals surface area (Å²) in [6, 6.07) is 10.5. The molecule has 1 aliphatic carbocycles. The predicted molar refractivity (Wildman–Crippen MR) is 80.8 cm³/mol. The van der Waals surface area contributed by atoms with E-state index in [-0.39, 0.29) is 11.7 Å². The second-order valence-electron chi connectivity index (χ2n) is 6.41. The van der Waals surface area contributed by atoms with Gasteiger partial charge in [0.05, 0.1) is 18.3 Å². The maximum Gasteiger partial charge on any atom is 0.293 e. The standard InChI is InChI=1S/C18H24O3/c19-14-20-12-9-16-13-18(10-5-2-6-11-18)21-17(16)15-7-3-1-4-8-15/h1,3-4,7-8,14,16-17H,2,5-6,9-13H2/t16-,17+/m1/s1. The van der Waals surface area contributed by atoms with Crippen molar-refractivity contribution in [2.45, 2.75) is 56.7 Å². The third kappa shape index (κ3) is 3.29. The summed E-state index contributed by atoms with van der Waals surface area (Å²) in [5.74, 6) is 0.449. The first-order valence-electron chi connectivity index (χ1n) is 8.11. The van der Waals surface area contributed by atoms with Crippen molar-refractivity contribution >= 4 is 6.47 Å². The lowest BCUT2D eigenvalue weighted by Crippen LogP contribution is -2.30. The Kier molecular flexibility index (Phi) is 4.59. The monoisotopic (exact) mass is 288 g/mol. The summed E-state index contributed by atoms with van der Waals surface area (Å²) in [6.45, 7) is 1.04. The fraction of sp³-hybridized carbons (Fsp3) is 0.611. The van der Waals surface area contributed by atoms with Crippen LogP contribution >= 0.6 is 0 Å². The highest BCUT2D eigenvalue weighted by molar-refractivity contribution is 5.36. The van der Waals surface area contributed by atoms with Gasteiger partial charge >= 0.3 is 0 Å². The maximum atomic E-state index is 10.4. The molecule has 0 N–H and O–H groups in total. The highest BCUT2D eigenvalue weighted by Gasteiger charge is 2.46. The Balaban J connectivity index is 1.75. The van der Waals surface area contributed by atoms with Gasteiger partial charge in [0.15, 0.2) is 0 Å². The minimum absolute atomic E-state index is 0.0740. The molecule has 114 valence electrons. The second-order valence-corrected chi connectivity index (χ2v) is 6.41. The lowest BCUT2D eigenvalue weighted by molar-refractivity contribution is -0.129. The number of carbonyl (C=O) groups excluding carboxylic acids is 1. The zero-order chi connectivity index (χ0) is 14.5. The Hall–Kier alpha value is -1.35. The van der Waals surface area contributed by atoms with E-state index in [0.29, 0.717) is 19.0 Å². The lowest BCUT2D eigenvalue weighted by Gasteiger charge is -2.33. The van der Waals surface area contributed by atoms with Gasteiger partial charge in [0.25, 0.3) is 6.47 Å². The average molecular weight is 288 g/mol. The molecule has 0 unspecified atom stereocenters. The van der Waals surface area contributed by atoms with E-state index in [4.69, 9.17) is 9.47 Å². The van der Waals surface area contributed by atoms with Crippen LogP contribution in [0.4, 0.5) is 0 Å². The molecular weight excluding hydrogens is 264 g/mol. The molecule has 1 saturated heterocycles. The van der Waals surface area contributed by atoms with E-state index in [1.165, 1.54) is 37.7 Å². The zero-order valence-electron chi connectivity index (χ0n) is 12.5. The van der Waals surface area contributed by atoms with Gasteiger partial charge in [0.1, 0.15) is 0 Å². The number of benzene rings is 1. The molecule has 0 radical (unpaired) electrons. The summed E-state index contributed by atoms with van der Waals surface area (Å²) in [5.41, 5.74) is 1.33. The Morgan fingerprint density at radius 3 is 2.67 bits per heavy atom. The van der Waals surface area contributed by atoms with Gasteiger partial charge in [0, 0.05) is 0 Å². The molecule has 2 aliphatic rings. The van der Waals surface area contributed by atoms with E-state index in [0.717, 1.165) is 12.8 Å². The summed E-state index contributed by atoms with van der Waals surface area (Å²) < 4.78 is 11.5. The van der Waals surface area contributed by atoms with Gasteiger partial charge in [-0.15, -0.1) is 0 Å². The van der Waals surface area contributed by atoms with Gasteiger partial charge in [-0.25, -0.2) is 0 Å². The third-order valence-electron chi connectivity index (χ3n) is 5.01. The van der Waals surface area contributed by atoms with Crippen LogP contribution in [0.25, 0.3) is 0 Å². The number of carbonyl (C=O) groups is 1. The van der Waals surface area contributed by atoms with E-state index in [9.17, 15) is 4.79 Å². The number of hydrogen-bond donors (Lipinski definition) is 0. The minimum Gasteiger partial charge on any atom is -0.468 e. The van der Waals surface area contributed by atoms with E-state index in [1.54, 1.807) is 0 Å². The third-order valence-corrected chi connectivity index (χ3v) is 5.01. The number of rotatable bonds is 5. The Morgan fingerprint density at radius 2 is 1.95 bits per heavy atom. The van der Waals surface area contributed by atoms with Crippen LogP contribution in [0.2, 0.25) is 0 Å². The molecule has 1 heterocycles. The van der Waals surface area contributed by atoms with Crippen LogP contribution in [-0.2, 0) is 14.3 Å². The van der Waals surface area contributed by atoms with Crippen LogP contribution < -0.4 is 0 Å². The molecule has 0 amide bonds. The minimum atomic E-state index is 0.0740. The molecule has 3 rings (SSSR count). The predicted octanol–water partition coefficient (Wildman–Crippen LogP) is 4.03. The molecule has 2 fully saturated rings. The largest absolute Gasteiger partial charge is 0.468 e. The van der Waals surface area contributed by atoms with Crippen molar-refractivity contribution in [3.63, 3.8) is 0 Å². The molecular formula is C18H24O3. The van der Waals surface area contributed by atoms with Crippen molar-refractivity contribution in [1.82, 2.24) is 0 Å². The Bertz CT molecular complexity index is 451. The van der Waals surface area contributed by atoms with Crippen molar-refractivity contribution in [2.75, 3.05) is 6.61 Å². The molecule has 21 heavy (non-hydrogen) atoms. The van der Waals surface area contributed by atoms with E-state index >= 15 is 0 Å². The van der Waals surface area contributed by atoms with Gasteiger partial charge in [-0.2, -0.15) is 0 Å². The first-order valence-corrected chi connectivity index (χ1v) is 8.11. The molecule has 1 saturated carbocycles. The van der Waals surface area contributed by atoms with E-state index in [2.05, 4.69) is 24.3 Å². The number of hydrogen-bond acceptors (Lipinski definition) is 3. The van der Waals surface area contributed by atoms with Crippen molar-refractivity contribution in [1.29, 1.82) is 0 Å². The highest BCUT2D eigenvalue weighted by Crippen LogP contribution is 2.51. The fourth-order valence-electron chi connectivity index (χ4n) is 4.02. The van der Waals surface area contributed by atoms with Crippen LogP contribution in [-0.4, -0.2) is 18.7 Å². The molecule has 1 aliphatic heterocycles. The highest BCUT2D eigenvalue weighted by atomic mass is 16.5. The van der Waals surface area contributed by atoms with Crippen LogP contribution in [0.3, 0.4) is 0 Å². The summed E-state index contributed by atoms with van der Waals surface area (Å²) in [7, 11) is 0. The fourth-order valence-corrected chi connectivity index (χ4v) is 4.02. The molecule has 0 aromatic heterocycles. The smallest absolute Gasteiger partial charge is 0.293 e. The van der Waals surface area contributed by atoms with Gasteiger partial charge < -0.3 is 9.47 Å². The summed E-state index contributed by atoms with van der Waals surface area (Å²) in [6.07, 6.45) is 8.40. The van der Waals surface area contributed by atoms with Gasteiger partial charge in [-0.05, 0) is 37.2 Å². The van der Waals surface area contributed by atoms with Gasteiger partial charge in [-0.3, -0.25) is 4.79 Å². The van der Waals surface area contributed by atoms with Crippen molar-refractivity contribution < 1.29 is 14.3 Å². The van der Waals surface area contributed by atoms with E-state index < -0.39 is 0 Å². The SMILES string of the molecule is O=COCC[C@@H]1CC2(CCCCC2)O[C@H]1c1ccccc1. The Morgan fingerprint density at radius 1 is 1.19 bits per heavy atom. The maximum absolute atomic E-state index is 10.4. The van der Waals surface area contributed by atoms with Gasteiger partial charge in [-0.1, -0.05) is 49.6 Å². The van der Waals surface area contributed by atoms with Crippen molar-refractivity contribution in [2.24, 2.45) is 5.92 Å². The summed E-state index contributed by atoms with van der Waals surface area (Å²) in [4.78, 5) is 10.4. The molecule has 3 heteroatoms. The normalized spacial score (nSPS) is 27.6. The quantitative estimate of drug-likeness (QED) is 0.606.